The maximum absolute atomic E-state index is 14.5. The number of piperidine rings is 1. The van der Waals surface area contributed by atoms with Crippen LogP contribution in [0, 0.1) is 6.92 Å². The summed E-state index contributed by atoms with van der Waals surface area (Å²) in [5.74, 6) is -0.0672. The smallest absolute Gasteiger partial charge is 0.253 e. The molecule has 1 N–H and O–H groups in total. The van der Waals surface area contributed by atoms with Crippen LogP contribution in [-0.2, 0) is 0 Å². The van der Waals surface area contributed by atoms with E-state index in [2.05, 4.69) is 5.32 Å². The van der Waals surface area contributed by atoms with Gasteiger partial charge in [-0.15, -0.1) is 0 Å². The molecule has 1 aliphatic rings. The molecule has 5 heteroatoms. The summed E-state index contributed by atoms with van der Waals surface area (Å²) in [6, 6.07) is 5.30. The predicted octanol–water partition coefficient (Wildman–Crippen LogP) is 3.20. The maximum atomic E-state index is 14.5. The fourth-order valence-corrected chi connectivity index (χ4v) is 2.73. The van der Waals surface area contributed by atoms with Crippen molar-refractivity contribution in [1.29, 1.82) is 0 Å². The monoisotopic (exact) mass is 312 g/mol. The molecule has 0 atom stereocenters. The molecule has 1 aromatic carbocycles. The molecule has 2 rings (SSSR count). The van der Waals surface area contributed by atoms with Crippen LogP contribution in [-0.4, -0.2) is 42.7 Å². The van der Waals surface area contributed by atoms with Gasteiger partial charge in [-0.25, -0.2) is 4.39 Å². The number of carbonyl (C=O) groups is 1. The van der Waals surface area contributed by atoms with Gasteiger partial charge in [-0.3, -0.25) is 4.79 Å². The molecule has 21 heavy (non-hydrogen) atoms. The summed E-state index contributed by atoms with van der Waals surface area (Å²) in [5.41, 5.74) is 0.321. The minimum atomic E-state index is -1.20. The molecule has 1 fully saturated rings. The van der Waals surface area contributed by atoms with E-state index >= 15 is 0 Å². The van der Waals surface area contributed by atoms with Gasteiger partial charge in [0, 0.05) is 43.1 Å². The summed E-state index contributed by atoms with van der Waals surface area (Å²) in [6.45, 7) is 5.88. The van der Waals surface area contributed by atoms with Crippen molar-refractivity contribution in [1.82, 2.24) is 10.2 Å². The van der Waals surface area contributed by atoms with E-state index < -0.39 is 5.67 Å². The summed E-state index contributed by atoms with van der Waals surface area (Å²) in [4.78, 5) is 14.1. The third-order valence-electron chi connectivity index (χ3n) is 4.06. The quantitative estimate of drug-likeness (QED) is 0.926. The lowest BCUT2D eigenvalue weighted by atomic mass is 9.92. The number of hydrogen-bond acceptors (Lipinski definition) is 2. The molecule has 0 aromatic heterocycles. The second-order valence-electron chi connectivity index (χ2n) is 5.69. The van der Waals surface area contributed by atoms with E-state index in [0.29, 0.717) is 43.1 Å². The largest absolute Gasteiger partial charge is 0.338 e. The molecule has 0 aliphatic carbocycles. The highest BCUT2D eigenvalue weighted by molar-refractivity contribution is 6.31. The van der Waals surface area contributed by atoms with Crippen LogP contribution in [0.15, 0.2) is 18.2 Å². The first-order valence-corrected chi connectivity index (χ1v) is 7.78. The lowest BCUT2D eigenvalue weighted by Gasteiger charge is -2.36. The first kappa shape index (κ1) is 16.2. The van der Waals surface area contributed by atoms with Crippen LogP contribution in [0.2, 0.25) is 5.02 Å². The Bertz CT molecular complexity index is 513. The molecule has 1 saturated heterocycles. The van der Waals surface area contributed by atoms with E-state index in [1.54, 1.807) is 17.0 Å². The fourth-order valence-electron chi connectivity index (χ4n) is 2.54. The highest BCUT2D eigenvalue weighted by Gasteiger charge is 2.35. The zero-order chi connectivity index (χ0) is 15.5. The van der Waals surface area contributed by atoms with Crippen molar-refractivity contribution in [2.75, 3.05) is 26.2 Å². The third kappa shape index (κ3) is 3.95. The zero-order valence-corrected chi connectivity index (χ0v) is 13.3. The number of amides is 1. The number of nitrogens with zero attached hydrogens (tertiary/aromatic N) is 1. The van der Waals surface area contributed by atoms with E-state index in [1.165, 1.54) is 0 Å². The van der Waals surface area contributed by atoms with Gasteiger partial charge in [0.05, 0.1) is 0 Å². The molecule has 1 aromatic rings. The number of carbonyl (C=O) groups excluding carboxylic acids is 1. The van der Waals surface area contributed by atoms with Crippen LogP contribution >= 0.6 is 11.6 Å². The standard InChI is InChI=1S/C16H22ClFN2O/c1-3-19-11-16(18)6-8-20(9-7-16)15(21)13-5-4-12(2)14(17)10-13/h4-5,10,19H,3,6-9,11H2,1-2H3. The van der Waals surface area contributed by atoms with Gasteiger partial charge >= 0.3 is 0 Å². The van der Waals surface area contributed by atoms with Crippen molar-refractivity contribution < 1.29 is 9.18 Å². The molecule has 1 aliphatic heterocycles. The summed E-state index contributed by atoms with van der Waals surface area (Å²) < 4.78 is 14.5. The van der Waals surface area contributed by atoms with Crippen molar-refractivity contribution >= 4 is 17.5 Å². The van der Waals surface area contributed by atoms with Gasteiger partial charge in [0.15, 0.2) is 0 Å². The number of nitrogens with one attached hydrogen (secondary N) is 1. The molecule has 0 radical (unpaired) electrons. The second kappa shape index (κ2) is 6.75. The molecule has 116 valence electrons. The van der Waals surface area contributed by atoms with Crippen LogP contribution in [0.4, 0.5) is 4.39 Å². The van der Waals surface area contributed by atoms with E-state index in [9.17, 15) is 9.18 Å². The average molecular weight is 313 g/mol. The van der Waals surface area contributed by atoms with Crippen LogP contribution in [0.3, 0.4) is 0 Å². The highest BCUT2D eigenvalue weighted by atomic mass is 35.5. The minimum Gasteiger partial charge on any atom is -0.338 e. The van der Waals surface area contributed by atoms with Gasteiger partial charge in [-0.2, -0.15) is 0 Å². The summed E-state index contributed by atoms with van der Waals surface area (Å²) in [5, 5.41) is 3.64. The molecule has 0 unspecified atom stereocenters. The van der Waals surface area contributed by atoms with Gasteiger partial charge in [-0.05, 0) is 31.2 Å². The van der Waals surface area contributed by atoms with E-state index in [0.717, 1.165) is 12.1 Å². The predicted molar refractivity (Wildman–Crippen MR) is 83.7 cm³/mol. The van der Waals surface area contributed by atoms with E-state index in [4.69, 9.17) is 11.6 Å². The number of benzene rings is 1. The Kier molecular flexibility index (Phi) is 5.22. The molecule has 3 nitrogen and oxygen atoms in total. The summed E-state index contributed by atoms with van der Waals surface area (Å²) >= 11 is 6.06. The van der Waals surface area contributed by atoms with Gasteiger partial charge in [-0.1, -0.05) is 24.6 Å². The number of likely N-dealkylation sites (tertiary alicyclic amines) is 1. The van der Waals surface area contributed by atoms with Gasteiger partial charge in [0.25, 0.3) is 5.91 Å². The van der Waals surface area contributed by atoms with Crippen molar-refractivity contribution in [3.63, 3.8) is 0 Å². The van der Waals surface area contributed by atoms with Gasteiger partial charge < -0.3 is 10.2 Å². The third-order valence-corrected chi connectivity index (χ3v) is 4.46. The molecular weight excluding hydrogens is 291 g/mol. The number of halogens is 2. The van der Waals surface area contributed by atoms with Crippen molar-refractivity contribution in [2.24, 2.45) is 0 Å². The SMILES string of the molecule is CCNCC1(F)CCN(C(=O)c2ccc(C)c(Cl)c2)CC1. The van der Waals surface area contributed by atoms with Crippen LogP contribution < -0.4 is 5.32 Å². The topological polar surface area (TPSA) is 32.3 Å². The zero-order valence-electron chi connectivity index (χ0n) is 12.6. The van der Waals surface area contributed by atoms with Crippen LogP contribution in [0.5, 0.6) is 0 Å². The van der Waals surface area contributed by atoms with Crippen LogP contribution in [0.1, 0.15) is 35.7 Å². The number of hydrogen-bond donors (Lipinski definition) is 1. The first-order valence-electron chi connectivity index (χ1n) is 7.40. The van der Waals surface area contributed by atoms with Crippen molar-refractivity contribution in [3.05, 3.63) is 34.3 Å². The molecule has 0 spiro atoms. The summed E-state index contributed by atoms with van der Waals surface area (Å²) in [7, 11) is 0. The Balaban J connectivity index is 1.98. The van der Waals surface area contributed by atoms with E-state index in [1.807, 2.05) is 19.9 Å². The molecular formula is C16H22ClFN2O. The summed E-state index contributed by atoms with van der Waals surface area (Å²) in [6.07, 6.45) is 0.761. The Morgan fingerprint density at radius 1 is 1.43 bits per heavy atom. The Morgan fingerprint density at radius 3 is 2.67 bits per heavy atom. The van der Waals surface area contributed by atoms with Crippen LogP contribution in [0.25, 0.3) is 0 Å². The minimum absolute atomic E-state index is 0.0672. The first-order chi connectivity index (χ1) is 9.95. The fraction of sp³-hybridized carbons (Fsp3) is 0.562. The Labute approximate surface area is 130 Å². The lowest BCUT2D eigenvalue weighted by Crippen LogP contribution is -2.48. The molecule has 1 heterocycles. The Morgan fingerprint density at radius 2 is 2.10 bits per heavy atom. The molecule has 0 saturated carbocycles. The van der Waals surface area contributed by atoms with Crippen molar-refractivity contribution in [3.8, 4) is 0 Å². The second-order valence-corrected chi connectivity index (χ2v) is 6.09. The highest BCUT2D eigenvalue weighted by Crippen LogP contribution is 2.27. The Hall–Kier alpha value is -1.13. The average Bonchev–Trinajstić information content (AvgIpc) is 2.48. The number of alkyl halides is 1. The lowest BCUT2D eigenvalue weighted by molar-refractivity contribution is 0.0438. The molecule has 1 amide bonds. The maximum Gasteiger partial charge on any atom is 0.253 e. The van der Waals surface area contributed by atoms with Gasteiger partial charge in [0.2, 0.25) is 0 Å². The van der Waals surface area contributed by atoms with Crippen molar-refractivity contribution in [2.45, 2.75) is 32.4 Å². The van der Waals surface area contributed by atoms with Gasteiger partial charge in [0.1, 0.15) is 5.67 Å². The number of aryl methyl sites for hydroxylation is 1. The normalized spacial score (nSPS) is 17.8. The number of rotatable bonds is 4. The van der Waals surface area contributed by atoms with E-state index in [-0.39, 0.29) is 5.91 Å². The molecule has 0 bridgehead atoms.